The molecule has 0 spiro atoms. The number of hydrazine groups is 1. The molecule has 1 aromatic carbocycles. The number of hydrogen-bond donors (Lipinski definition) is 1. The normalized spacial score (nSPS) is 28.2. The summed E-state index contributed by atoms with van der Waals surface area (Å²) < 4.78 is 19.4. The zero-order chi connectivity index (χ0) is 23.2. The summed E-state index contributed by atoms with van der Waals surface area (Å²) in [6, 6.07) is 6.56. The van der Waals surface area contributed by atoms with E-state index in [9.17, 15) is 9.18 Å². The second-order valence-corrected chi connectivity index (χ2v) is 10.5. The standard InChI is InChI=1S/C28H34FN3O2/c1-18-25-15-30-32(22-10-8-21(29)9-11-22)26(25)14-20-7-12-24(27(18)20)28(33)31(16-19-4-2-5-19)17-23-6-3-13-34-23/h8-11,14-15,18-19,23-24,30H,2-7,12-13,16-17H2,1H3/t18-,23+,24-/m0/s1. The van der Waals surface area contributed by atoms with Gasteiger partial charge in [-0.2, -0.15) is 0 Å². The maximum atomic E-state index is 14.0. The molecule has 1 saturated heterocycles. The fraction of sp³-hybridized carbons (Fsp3) is 0.536. The largest absolute Gasteiger partial charge is 0.376 e. The Hall–Kier alpha value is -2.60. The van der Waals surface area contributed by atoms with Crippen LogP contribution in [-0.4, -0.2) is 36.6 Å². The third-order valence-electron chi connectivity index (χ3n) is 8.42. The number of hydrogen-bond acceptors (Lipinski definition) is 4. The van der Waals surface area contributed by atoms with Crippen molar-refractivity contribution in [2.24, 2.45) is 17.8 Å². The van der Waals surface area contributed by atoms with Crippen LogP contribution in [0.5, 0.6) is 0 Å². The molecule has 5 nitrogen and oxygen atoms in total. The molecule has 0 unspecified atom stereocenters. The SMILES string of the molecule is C[C@H]1C2=CNN(c3ccc(F)cc3)C2=CC2=C1[C@@H](C(=O)N(CC1CCC1)C[C@H]1CCCO1)CC2. The lowest BCUT2D eigenvalue weighted by Gasteiger charge is -2.36. The van der Waals surface area contributed by atoms with Gasteiger partial charge in [0, 0.05) is 37.4 Å². The van der Waals surface area contributed by atoms with Gasteiger partial charge in [0.2, 0.25) is 5.91 Å². The van der Waals surface area contributed by atoms with Crippen LogP contribution in [-0.2, 0) is 9.53 Å². The highest BCUT2D eigenvalue weighted by Gasteiger charge is 2.42. The zero-order valence-corrected chi connectivity index (χ0v) is 19.9. The maximum absolute atomic E-state index is 14.0. The van der Waals surface area contributed by atoms with E-state index in [1.807, 2.05) is 11.2 Å². The van der Waals surface area contributed by atoms with Crippen LogP contribution in [0.15, 0.2) is 59.0 Å². The van der Waals surface area contributed by atoms with E-state index in [4.69, 9.17) is 4.74 Å². The molecule has 6 heteroatoms. The summed E-state index contributed by atoms with van der Waals surface area (Å²) in [6.45, 7) is 4.68. The number of fused-ring (bicyclic) bond motifs is 1. The average molecular weight is 464 g/mol. The summed E-state index contributed by atoms with van der Waals surface area (Å²) >= 11 is 0. The number of rotatable bonds is 6. The quantitative estimate of drug-likeness (QED) is 0.639. The highest BCUT2D eigenvalue weighted by Crippen LogP contribution is 2.48. The van der Waals surface area contributed by atoms with Gasteiger partial charge >= 0.3 is 0 Å². The third-order valence-corrected chi connectivity index (χ3v) is 8.42. The molecule has 5 aliphatic rings. The highest BCUT2D eigenvalue weighted by molar-refractivity contribution is 5.84. The van der Waals surface area contributed by atoms with Gasteiger partial charge in [0.1, 0.15) is 5.82 Å². The van der Waals surface area contributed by atoms with E-state index in [1.54, 1.807) is 12.1 Å². The van der Waals surface area contributed by atoms with Crippen LogP contribution in [0.25, 0.3) is 0 Å². The summed E-state index contributed by atoms with van der Waals surface area (Å²) in [5, 5.41) is 2.02. The number of anilines is 1. The lowest BCUT2D eigenvalue weighted by Crippen LogP contribution is -2.45. The van der Waals surface area contributed by atoms with Crippen molar-refractivity contribution in [3.63, 3.8) is 0 Å². The van der Waals surface area contributed by atoms with Crippen molar-refractivity contribution in [1.82, 2.24) is 10.3 Å². The van der Waals surface area contributed by atoms with E-state index >= 15 is 0 Å². The Morgan fingerprint density at radius 2 is 1.97 bits per heavy atom. The van der Waals surface area contributed by atoms with Crippen molar-refractivity contribution in [2.75, 3.05) is 24.7 Å². The van der Waals surface area contributed by atoms with Gasteiger partial charge in [-0.25, -0.2) is 4.39 Å². The fourth-order valence-corrected chi connectivity index (χ4v) is 6.35. The van der Waals surface area contributed by atoms with Gasteiger partial charge in [0.25, 0.3) is 0 Å². The molecule has 0 bridgehead atoms. The number of benzene rings is 1. The molecule has 34 heavy (non-hydrogen) atoms. The third kappa shape index (κ3) is 3.86. The number of ether oxygens (including phenoxy) is 1. The molecule has 1 amide bonds. The number of amides is 1. The van der Waals surface area contributed by atoms with Crippen LogP contribution in [0.4, 0.5) is 10.1 Å². The van der Waals surface area contributed by atoms with Crippen LogP contribution in [0.1, 0.15) is 51.9 Å². The van der Waals surface area contributed by atoms with Crippen LogP contribution >= 0.6 is 0 Å². The Kier molecular flexibility index (Phi) is 5.72. The number of carbonyl (C=O) groups excluding carboxylic acids is 1. The summed E-state index contributed by atoms with van der Waals surface area (Å²) in [7, 11) is 0. The molecule has 2 heterocycles. The molecule has 1 saturated carbocycles. The van der Waals surface area contributed by atoms with Gasteiger partial charge < -0.3 is 15.1 Å². The van der Waals surface area contributed by atoms with Crippen molar-refractivity contribution < 1.29 is 13.9 Å². The van der Waals surface area contributed by atoms with Gasteiger partial charge in [-0.05, 0) is 85.9 Å². The Morgan fingerprint density at radius 3 is 2.68 bits per heavy atom. The predicted molar refractivity (Wildman–Crippen MR) is 130 cm³/mol. The minimum Gasteiger partial charge on any atom is -0.376 e. The molecule has 6 rings (SSSR count). The molecule has 0 radical (unpaired) electrons. The minimum atomic E-state index is -0.237. The van der Waals surface area contributed by atoms with Gasteiger partial charge in [-0.15, -0.1) is 0 Å². The first-order valence-electron chi connectivity index (χ1n) is 13.0. The second kappa shape index (κ2) is 8.88. The van der Waals surface area contributed by atoms with Gasteiger partial charge in [0.05, 0.1) is 23.4 Å². The highest BCUT2D eigenvalue weighted by atomic mass is 19.1. The number of halogens is 1. The fourth-order valence-electron chi connectivity index (χ4n) is 6.35. The Bertz CT molecular complexity index is 1050. The smallest absolute Gasteiger partial charge is 0.229 e. The topological polar surface area (TPSA) is 44.8 Å². The molecule has 1 N–H and O–H groups in total. The van der Waals surface area contributed by atoms with Crippen molar-refractivity contribution in [3.05, 3.63) is 64.8 Å². The van der Waals surface area contributed by atoms with Crippen LogP contribution in [0.3, 0.4) is 0 Å². The zero-order valence-electron chi connectivity index (χ0n) is 19.9. The molecule has 1 aromatic rings. The summed E-state index contributed by atoms with van der Waals surface area (Å²) in [6.07, 6.45) is 12.3. The summed E-state index contributed by atoms with van der Waals surface area (Å²) in [4.78, 5) is 16.1. The first-order valence-corrected chi connectivity index (χ1v) is 13.0. The molecule has 2 aliphatic heterocycles. The van der Waals surface area contributed by atoms with Gasteiger partial charge in [-0.1, -0.05) is 13.3 Å². The first kappa shape index (κ1) is 21.9. The number of allylic oxidation sites excluding steroid dienone is 3. The van der Waals surface area contributed by atoms with Gasteiger partial charge in [0.15, 0.2) is 0 Å². The van der Waals surface area contributed by atoms with Crippen LogP contribution < -0.4 is 10.4 Å². The number of nitrogens with one attached hydrogen (secondary N) is 1. The molecule has 3 aliphatic carbocycles. The first-order chi connectivity index (χ1) is 16.6. The molecular weight excluding hydrogens is 429 g/mol. The second-order valence-electron chi connectivity index (χ2n) is 10.5. The summed E-state index contributed by atoms with van der Waals surface area (Å²) in [5.74, 6) is 0.862. The lowest BCUT2D eigenvalue weighted by molar-refractivity contribution is -0.137. The maximum Gasteiger partial charge on any atom is 0.229 e. The lowest BCUT2D eigenvalue weighted by atomic mass is 9.79. The molecule has 2 fully saturated rings. The van der Waals surface area contributed by atoms with Gasteiger partial charge in [-0.3, -0.25) is 9.80 Å². The van der Waals surface area contributed by atoms with Crippen molar-refractivity contribution in [3.8, 4) is 0 Å². The van der Waals surface area contributed by atoms with Crippen molar-refractivity contribution in [1.29, 1.82) is 0 Å². The number of nitrogens with zero attached hydrogens (tertiary/aromatic N) is 2. The molecule has 0 aromatic heterocycles. The van der Waals surface area contributed by atoms with Crippen molar-refractivity contribution in [2.45, 2.75) is 58.0 Å². The molecular formula is C28H34FN3O2. The van der Waals surface area contributed by atoms with E-state index in [0.717, 1.165) is 56.8 Å². The van der Waals surface area contributed by atoms with E-state index in [0.29, 0.717) is 11.8 Å². The summed E-state index contributed by atoms with van der Waals surface area (Å²) in [5.41, 5.74) is 9.17. The van der Waals surface area contributed by atoms with E-state index in [2.05, 4.69) is 23.3 Å². The van der Waals surface area contributed by atoms with Crippen LogP contribution in [0, 0.1) is 23.6 Å². The minimum absolute atomic E-state index is 0.0370. The Labute approximate surface area is 201 Å². The van der Waals surface area contributed by atoms with E-state index < -0.39 is 0 Å². The van der Waals surface area contributed by atoms with Crippen molar-refractivity contribution >= 4 is 11.6 Å². The van der Waals surface area contributed by atoms with E-state index in [-0.39, 0.29) is 23.8 Å². The van der Waals surface area contributed by atoms with Crippen LogP contribution in [0.2, 0.25) is 0 Å². The number of carbonyl (C=O) groups is 1. The Balaban J connectivity index is 1.25. The average Bonchev–Trinajstić information content (AvgIpc) is 3.56. The van der Waals surface area contributed by atoms with E-state index in [1.165, 1.54) is 48.1 Å². The monoisotopic (exact) mass is 463 g/mol. The molecule has 180 valence electrons. The Morgan fingerprint density at radius 1 is 1.15 bits per heavy atom. The molecule has 3 atom stereocenters. The predicted octanol–water partition coefficient (Wildman–Crippen LogP) is 5.08.